The Morgan fingerprint density at radius 1 is 1.36 bits per heavy atom. The van der Waals surface area contributed by atoms with Crippen LogP contribution < -0.4 is 0 Å². The molecule has 1 aliphatic heterocycles. The molecule has 1 N–H and O–H groups in total. The third-order valence-electron chi connectivity index (χ3n) is 2.03. The number of rotatable bonds is 5. The monoisotopic (exact) mass is 157 g/mol. The molecule has 0 aromatic rings. The van der Waals surface area contributed by atoms with Crippen molar-refractivity contribution in [3.05, 3.63) is 0 Å². The fraction of sp³-hybridized carbons (Fsp3) is 0.875. The molecule has 1 heterocycles. The van der Waals surface area contributed by atoms with E-state index in [4.69, 9.17) is 5.11 Å². The largest absolute Gasteiger partial charge is 0.396 e. The number of amides is 1. The van der Waals surface area contributed by atoms with Crippen LogP contribution in [0, 0.1) is 0 Å². The van der Waals surface area contributed by atoms with Crippen molar-refractivity contribution >= 4 is 5.91 Å². The molecule has 0 atom stereocenters. The number of nitrogens with zero attached hydrogens (tertiary/aromatic N) is 1. The second-order valence-corrected chi connectivity index (χ2v) is 2.92. The van der Waals surface area contributed by atoms with E-state index in [1.54, 1.807) is 0 Å². The lowest BCUT2D eigenvalue weighted by Gasteiger charge is -2.30. The van der Waals surface area contributed by atoms with Crippen molar-refractivity contribution in [3.63, 3.8) is 0 Å². The standard InChI is InChI=1S/C8H15NO2/c10-7-3-1-2-5-9-6-4-8(9)11/h10H,1-7H2. The molecule has 64 valence electrons. The number of carbonyl (C=O) groups excluding carboxylic acids is 1. The summed E-state index contributed by atoms with van der Waals surface area (Å²) in [5.74, 6) is 0.286. The van der Waals surface area contributed by atoms with E-state index < -0.39 is 0 Å². The minimum atomic E-state index is 0.272. The van der Waals surface area contributed by atoms with Crippen LogP contribution in [0.25, 0.3) is 0 Å². The van der Waals surface area contributed by atoms with Crippen LogP contribution in [0.2, 0.25) is 0 Å². The maximum absolute atomic E-state index is 10.8. The summed E-state index contributed by atoms with van der Waals surface area (Å²) in [5, 5.41) is 8.47. The first-order chi connectivity index (χ1) is 5.34. The number of carbonyl (C=O) groups is 1. The molecule has 1 amide bonds. The molecule has 3 heteroatoms. The van der Waals surface area contributed by atoms with Gasteiger partial charge in [0, 0.05) is 26.1 Å². The molecule has 1 fully saturated rings. The summed E-state index contributed by atoms with van der Waals surface area (Å²) in [5.41, 5.74) is 0. The van der Waals surface area contributed by atoms with Crippen molar-refractivity contribution < 1.29 is 9.90 Å². The summed E-state index contributed by atoms with van der Waals surface area (Å²) < 4.78 is 0. The molecule has 11 heavy (non-hydrogen) atoms. The zero-order valence-electron chi connectivity index (χ0n) is 6.75. The summed E-state index contributed by atoms with van der Waals surface area (Å²) in [4.78, 5) is 12.6. The third kappa shape index (κ3) is 2.50. The van der Waals surface area contributed by atoms with E-state index in [1.165, 1.54) is 0 Å². The van der Waals surface area contributed by atoms with E-state index in [-0.39, 0.29) is 12.5 Å². The van der Waals surface area contributed by atoms with E-state index in [9.17, 15) is 4.79 Å². The SMILES string of the molecule is O=C1CCN1CCCCCO. The summed E-state index contributed by atoms with van der Waals surface area (Å²) in [6.45, 7) is 2.10. The maximum atomic E-state index is 10.8. The fourth-order valence-electron chi connectivity index (χ4n) is 1.19. The minimum Gasteiger partial charge on any atom is -0.396 e. The molecule has 0 aromatic heterocycles. The van der Waals surface area contributed by atoms with Crippen LogP contribution >= 0.6 is 0 Å². The van der Waals surface area contributed by atoms with Gasteiger partial charge in [-0.1, -0.05) is 0 Å². The van der Waals surface area contributed by atoms with E-state index in [0.29, 0.717) is 0 Å². The van der Waals surface area contributed by atoms with Gasteiger partial charge in [0.15, 0.2) is 0 Å². The third-order valence-corrected chi connectivity index (χ3v) is 2.03. The molecule has 3 nitrogen and oxygen atoms in total. The van der Waals surface area contributed by atoms with Crippen LogP contribution in [0.15, 0.2) is 0 Å². The normalized spacial score (nSPS) is 16.8. The molecule has 0 radical (unpaired) electrons. The Balaban J connectivity index is 1.91. The van der Waals surface area contributed by atoms with E-state index in [0.717, 1.165) is 38.8 Å². The molecule has 0 spiro atoms. The van der Waals surface area contributed by atoms with Gasteiger partial charge in [0.2, 0.25) is 5.91 Å². The average Bonchev–Trinajstić information content (AvgIpc) is 2.02. The van der Waals surface area contributed by atoms with Crippen molar-refractivity contribution in [1.29, 1.82) is 0 Å². The van der Waals surface area contributed by atoms with Gasteiger partial charge >= 0.3 is 0 Å². The van der Waals surface area contributed by atoms with Gasteiger partial charge in [-0.2, -0.15) is 0 Å². The molecule has 0 aromatic carbocycles. The second kappa shape index (κ2) is 4.34. The van der Waals surface area contributed by atoms with Gasteiger partial charge in [-0.3, -0.25) is 4.79 Å². The predicted molar refractivity (Wildman–Crippen MR) is 42.1 cm³/mol. The Hall–Kier alpha value is -0.570. The number of unbranched alkanes of at least 4 members (excludes halogenated alkanes) is 2. The van der Waals surface area contributed by atoms with Crippen molar-refractivity contribution in [2.45, 2.75) is 25.7 Å². The Labute approximate surface area is 67.0 Å². The van der Waals surface area contributed by atoms with E-state index in [2.05, 4.69) is 0 Å². The van der Waals surface area contributed by atoms with Crippen molar-refractivity contribution in [3.8, 4) is 0 Å². The zero-order chi connectivity index (χ0) is 8.10. The number of β-lactam (4-membered cyclic amide) rings is 1. The number of likely N-dealkylation sites (tertiary alicyclic amines) is 1. The molecule has 0 unspecified atom stereocenters. The first kappa shape index (κ1) is 8.53. The molecule has 0 bridgehead atoms. The number of aliphatic hydroxyl groups is 1. The van der Waals surface area contributed by atoms with Crippen molar-refractivity contribution in [2.24, 2.45) is 0 Å². The molecular formula is C8H15NO2. The lowest BCUT2D eigenvalue weighted by molar-refractivity contribution is -0.139. The lowest BCUT2D eigenvalue weighted by atomic mass is 10.1. The van der Waals surface area contributed by atoms with E-state index >= 15 is 0 Å². The zero-order valence-corrected chi connectivity index (χ0v) is 6.75. The topological polar surface area (TPSA) is 40.5 Å². The van der Waals surface area contributed by atoms with Crippen LogP contribution in [0.5, 0.6) is 0 Å². The first-order valence-corrected chi connectivity index (χ1v) is 4.23. The van der Waals surface area contributed by atoms with Gasteiger partial charge in [-0.15, -0.1) is 0 Å². The van der Waals surface area contributed by atoms with Crippen LogP contribution in [-0.4, -0.2) is 35.6 Å². The summed E-state index contributed by atoms with van der Waals surface area (Å²) in [6, 6.07) is 0. The van der Waals surface area contributed by atoms with Crippen LogP contribution in [0.1, 0.15) is 25.7 Å². The smallest absolute Gasteiger partial charge is 0.224 e. The van der Waals surface area contributed by atoms with Gasteiger partial charge in [0.05, 0.1) is 0 Å². The Bertz CT molecular complexity index is 136. The number of hydrogen-bond acceptors (Lipinski definition) is 2. The van der Waals surface area contributed by atoms with Crippen LogP contribution in [0.4, 0.5) is 0 Å². The maximum Gasteiger partial charge on any atom is 0.224 e. The average molecular weight is 157 g/mol. The molecule has 0 saturated carbocycles. The highest BCUT2D eigenvalue weighted by Crippen LogP contribution is 2.09. The Kier molecular flexibility index (Phi) is 3.36. The first-order valence-electron chi connectivity index (χ1n) is 4.23. The fourth-order valence-corrected chi connectivity index (χ4v) is 1.19. The predicted octanol–water partition coefficient (Wildman–Crippen LogP) is 0.381. The van der Waals surface area contributed by atoms with Gasteiger partial charge < -0.3 is 10.0 Å². The second-order valence-electron chi connectivity index (χ2n) is 2.92. The molecule has 1 rings (SSSR count). The van der Waals surface area contributed by atoms with Crippen LogP contribution in [-0.2, 0) is 4.79 Å². The van der Waals surface area contributed by atoms with Crippen LogP contribution in [0.3, 0.4) is 0 Å². The number of aliphatic hydroxyl groups excluding tert-OH is 1. The molecular weight excluding hydrogens is 142 g/mol. The van der Waals surface area contributed by atoms with Gasteiger partial charge in [0.25, 0.3) is 0 Å². The summed E-state index contributed by atoms with van der Waals surface area (Å²) in [7, 11) is 0. The van der Waals surface area contributed by atoms with Gasteiger partial charge in [-0.25, -0.2) is 0 Å². The lowest BCUT2D eigenvalue weighted by Crippen LogP contribution is -2.43. The summed E-state index contributed by atoms with van der Waals surface area (Å²) >= 11 is 0. The Morgan fingerprint density at radius 3 is 2.64 bits per heavy atom. The summed E-state index contributed by atoms with van der Waals surface area (Å²) in [6.07, 6.45) is 3.66. The van der Waals surface area contributed by atoms with Crippen molar-refractivity contribution in [2.75, 3.05) is 19.7 Å². The quantitative estimate of drug-likeness (QED) is 0.463. The molecule has 1 saturated heterocycles. The highest BCUT2D eigenvalue weighted by molar-refractivity contribution is 5.81. The van der Waals surface area contributed by atoms with Gasteiger partial charge in [-0.05, 0) is 19.3 Å². The molecule has 1 aliphatic rings. The number of hydrogen-bond donors (Lipinski definition) is 1. The van der Waals surface area contributed by atoms with Gasteiger partial charge in [0.1, 0.15) is 0 Å². The highest BCUT2D eigenvalue weighted by atomic mass is 16.2. The van der Waals surface area contributed by atoms with E-state index in [1.807, 2.05) is 4.90 Å². The van der Waals surface area contributed by atoms with Crippen molar-refractivity contribution in [1.82, 2.24) is 4.90 Å². The minimum absolute atomic E-state index is 0.272. The molecule has 0 aliphatic carbocycles. The Morgan fingerprint density at radius 2 is 2.18 bits per heavy atom. The highest BCUT2D eigenvalue weighted by Gasteiger charge is 2.21.